The van der Waals surface area contributed by atoms with Crippen molar-refractivity contribution >= 4 is 18.0 Å². The molecule has 0 aliphatic rings. The molecule has 1 heterocycles. The number of para-hydroxylation sites is 1. The number of carbonyl (C=O) groups is 1. The van der Waals surface area contributed by atoms with Crippen molar-refractivity contribution in [1.82, 2.24) is 9.55 Å². The van der Waals surface area contributed by atoms with Crippen LogP contribution in [0, 0.1) is 4.64 Å². The SMILES string of the molecule is CC(=O)c1c(O)n(-c2ccccc2)c(-c2ccccc2)nc1=S. The van der Waals surface area contributed by atoms with Crippen LogP contribution in [0.25, 0.3) is 17.1 Å². The van der Waals surface area contributed by atoms with E-state index < -0.39 is 0 Å². The highest BCUT2D eigenvalue weighted by Crippen LogP contribution is 2.29. The molecule has 23 heavy (non-hydrogen) atoms. The Morgan fingerprint density at radius 3 is 2.17 bits per heavy atom. The molecular formula is C18H14N2O2S. The number of Topliss-reactive ketones (excluding diaryl/α,β-unsaturated/α-hetero) is 1. The molecule has 0 spiro atoms. The Balaban J connectivity index is 2.41. The molecule has 0 unspecified atom stereocenters. The van der Waals surface area contributed by atoms with Crippen LogP contribution in [0.3, 0.4) is 0 Å². The minimum atomic E-state index is -0.315. The van der Waals surface area contributed by atoms with E-state index in [0.717, 1.165) is 5.56 Å². The van der Waals surface area contributed by atoms with Crippen LogP contribution in [0.2, 0.25) is 0 Å². The van der Waals surface area contributed by atoms with E-state index in [1.165, 1.54) is 6.92 Å². The van der Waals surface area contributed by atoms with E-state index in [4.69, 9.17) is 12.2 Å². The molecule has 0 saturated carbocycles. The Morgan fingerprint density at radius 2 is 1.61 bits per heavy atom. The Labute approximate surface area is 138 Å². The highest BCUT2D eigenvalue weighted by molar-refractivity contribution is 7.71. The third kappa shape index (κ3) is 2.78. The van der Waals surface area contributed by atoms with Gasteiger partial charge in [-0.05, 0) is 19.1 Å². The van der Waals surface area contributed by atoms with Crippen LogP contribution in [0.5, 0.6) is 5.88 Å². The van der Waals surface area contributed by atoms with E-state index in [-0.39, 0.29) is 21.9 Å². The second-order valence-corrected chi connectivity index (χ2v) is 5.42. The quantitative estimate of drug-likeness (QED) is 0.580. The molecule has 2 aromatic carbocycles. The number of ketones is 1. The minimum absolute atomic E-state index is 0.0588. The third-order valence-corrected chi connectivity index (χ3v) is 3.76. The lowest BCUT2D eigenvalue weighted by Gasteiger charge is -2.17. The van der Waals surface area contributed by atoms with Crippen LogP contribution in [-0.4, -0.2) is 20.4 Å². The van der Waals surface area contributed by atoms with Crippen LogP contribution < -0.4 is 0 Å². The molecule has 1 aromatic heterocycles. The molecule has 0 radical (unpaired) electrons. The summed E-state index contributed by atoms with van der Waals surface area (Å²) in [6.07, 6.45) is 0. The van der Waals surface area contributed by atoms with Crippen LogP contribution >= 0.6 is 12.2 Å². The van der Waals surface area contributed by atoms with Crippen molar-refractivity contribution in [3.05, 3.63) is 70.9 Å². The fourth-order valence-corrected chi connectivity index (χ4v) is 2.74. The number of aromatic hydroxyl groups is 1. The Bertz CT molecular complexity index is 919. The maximum Gasteiger partial charge on any atom is 0.211 e. The molecule has 5 heteroatoms. The number of hydrogen-bond acceptors (Lipinski definition) is 4. The first kappa shape index (κ1) is 15.1. The number of nitrogens with zero attached hydrogens (tertiary/aromatic N) is 2. The minimum Gasteiger partial charge on any atom is -0.494 e. The zero-order chi connectivity index (χ0) is 16.4. The fraction of sp³-hybridized carbons (Fsp3) is 0.0556. The van der Waals surface area contributed by atoms with E-state index in [9.17, 15) is 9.90 Å². The molecule has 1 N–H and O–H groups in total. The summed E-state index contributed by atoms with van der Waals surface area (Å²) in [4.78, 5) is 16.2. The average molecular weight is 322 g/mol. The summed E-state index contributed by atoms with van der Waals surface area (Å²) in [6, 6.07) is 18.7. The number of aromatic nitrogens is 2. The highest BCUT2D eigenvalue weighted by Gasteiger charge is 2.19. The van der Waals surface area contributed by atoms with Gasteiger partial charge in [0.25, 0.3) is 0 Å². The monoisotopic (exact) mass is 322 g/mol. The molecule has 3 aromatic rings. The summed E-state index contributed by atoms with van der Waals surface area (Å²) in [7, 11) is 0. The lowest BCUT2D eigenvalue weighted by Crippen LogP contribution is -2.09. The Morgan fingerprint density at radius 1 is 1.04 bits per heavy atom. The summed E-state index contributed by atoms with van der Waals surface area (Å²) in [5, 5.41) is 10.7. The van der Waals surface area contributed by atoms with E-state index >= 15 is 0 Å². The molecule has 0 atom stereocenters. The smallest absolute Gasteiger partial charge is 0.211 e. The predicted octanol–water partition coefficient (Wildman–Crippen LogP) is 4.18. The van der Waals surface area contributed by atoms with E-state index in [1.54, 1.807) is 4.57 Å². The fourth-order valence-electron chi connectivity index (χ4n) is 2.42. The second kappa shape index (κ2) is 6.14. The van der Waals surface area contributed by atoms with Gasteiger partial charge < -0.3 is 5.11 Å². The number of carbonyl (C=O) groups excluding carboxylic acids is 1. The summed E-state index contributed by atoms with van der Waals surface area (Å²) < 4.78 is 1.64. The highest BCUT2D eigenvalue weighted by atomic mass is 32.1. The van der Waals surface area contributed by atoms with Gasteiger partial charge in [0.05, 0.1) is 5.69 Å². The summed E-state index contributed by atoms with van der Waals surface area (Å²) >= 11 is 5.21. The summed E-state index contributed by atoms with van der Waals surface area (Å²) in [5.74, 6) is -0.0175. The number of rotatable bonds is 3. The standard InChI is InChI=1S/C18H14N2O2S/c1-12(21)15-17(23)19-16(13-8-4-2-5-9-13)20(18(15)22)14-10-6-3-7-11-14/h2-11,22H,1H3. The van der Waals surface area contributed by atoms with Crippen molar-refractivity contribution in [1.29, 1.82) is 0 Å². The lowest BCUT2D eigenvalue weighted by molar-refractivity contribution is 0.101. The molecular weight excluding hydrogens is 308 g/mol. The van der Waals surface area contributed by atoms with Crippen molar-refractivity contribution in [2.45, 2.75) is 6.92 Å². The molecule has 0 aliphatic heterocycles. The normalized spacial score (nSPS) is 10.5. The summed E-state index contributed by atoms with van der Waals surface area (Å²) in [6.45, 7) is 1.37. The van der Waals surface area contributed by atoms with Gasteiger partial charge in [-0.2, -0.15) is 0 Å². The van der Waals surface area contributed by atoms with Gasteiger partial charge in [-0.1, -0.05) is 60.7 Å². The Kier molecular flexibility index (Phi) is 4.04. The predicted molar refractivity (Wildman–Crippen MR) is 91.5 cm³/mol. The zero-order valence-electron chi connectivity index (χ0n) is 12.4. The zero-order valence-corrected chi connectivity index (χ0v) is 13.2. The van der Waals surface area contributed by atoms with Gasteiger partial charge in [0.15, 0.2) is 5.78 Å². The maximum atomic E-state index is 11.8. The van der Waals surface area contributed by atoms with Gasteiger partial charge in [-0.3, -0.25) is 9.36 Å². The number of benzene rings is 2. The van der Waals surface area contributed by atoms with Crippen molar-refractivity contribution < 1.29 is 9.90 Å². The van der Waals surface area contributed by atoms with E-state index in [0.29, 0.717) is 11.5 Å². The van der Waals surface area contributed by atoms with Crippen LogP contribution in [0.1, 0.15) is 17.3 Å². The van der Waals surface area contributed by atoms with E-state index in [1.807, 2.05) is 60.7 Å². The van der Waals surface area contributed by atoms with Gasteiger partial charge in [0.2, 0.25) is 5.88 Å². The van der Waals surface area contributed by atoms with Crippen molar-refractivity contribution in [3.63, 3.8) is 0 Å². The van der Waals surface area contributed by atoms with Gasteiger partial charge in [-0.15, -0.1) is 0 Å². The molecule has 3 rings (SSSR count). The van der Waals surface area contributed by atoms with Gasteiger partial charge >= 0.3 is 0 Å². The Hall–Kier alpha value is -2.79. The molecule has 0 fully saturated rings. The van der Waals surface area contributed by atoms with Crippen molar-refractivity contribution in [2.75, 3.05) is 0 Å². The molecule has 114 valence electrons. The van der Waals surface area contributed by atoms with E-state index in [2.05, 4.69) is 4.98 Å². The first-order valence-electron chi connectivity index (χ1n) is 7.07. The number of hydrogen-bond donors (Lipinski definition) is 1. The third-order valence-electron chi connectivity index (χ3n) is 3.47. The molecule has 0 aliphatic carbocycles. The van der Waals surface area contributed by atoms with Crippen LogP contribution in [-0.2, 0) is 0 Å². The summed E-state index contributed by atoms with van der Waals surface area (Å²) in [5.41, 5.74) is 1.56. The van der Waals surface area contributed by atoms with Crippen molar-refractivity contribution in [3.8, 4) is 23.0 Å². The van der Waals surface area contributed by atoms with Crippen LogP contribution in [0.15, 0.2) is 60.7 Å². The largest absolute Gasteiger partial charge is 0.494 e. The maximum absolute atomic E-state index is 11.8. The molecule has 0 saturated heterocycles. The second-order valence-electron chi connectivity index (χ2n) is 5.03. The first-order valence-corrected chi connectivity index (χ1v) is 7.48. The first-order chi connectivity index (χ1) is 11.1. The topological polar surface area (TPSA) is 55.1 Å². The average Bonchev–Trinajstić information content (AvgIpc) is 2.55. The van der Waals surface area contributed by atoms with Gasteiger partial charge in [0.1, 0.15) is 16.0 Å². The molecule has 0 bridgehead atoms. The molecule has 4 nitrogen and oxygen atoms in total. The molecule has 0 amide bonds. The van der Waals surface area contributed by atoms with Crippen LogP contribution in [0.4, 0.5) is 0 Å². The lowest BCUT2D eigenvalue weighted by atomic mass is 10.1. The van der Waals surface area contributed by atoms with Crippen molar-refractivity contribution in [2.24, 2.45) is 0 Å². The van der Waals surface area contributed by atoms with Gasteiger partial charge in [0, 0.05) is 5.56 Å². The van der Waals surface area contributed by atoms with Gasteiger partial charge in [-0.25, -0.2) is 4.98 Å².